The van der Waals surface area contributed by atoms with E-state index in [2.05, 4.69) is 84.2 Å². The Morgan fingerprint density at radius 2 is 1.39 bits per heavy atom. The van der Waals surface area contributed by atoms with Crippen molar-refractivity contribution in [3.05, 3.63) is 53.6 Å². The topological polar surface area (TPSA) is 33.1 Å². The minimum atomic E-state index is -0.161. The van der Waals surface area contributed by atoms with E-state index in [4.69, 9.17) is 4.98 Å². The molecule has 28 heavy (non-hydrogen) atoms. The molecule has 0 unspecified atom stereocenters. The van der Waals surface area contributed by atoms with Crippen LogP contribution in [0.3, 0.4) is 0 Å². The SMILES string of the molecule is CSc1nc(-c2cc(C(C)(C)C)c(O)c(C(C)(C)C)c2)c(-c2ccccc2)s1. The number of aromatic nitrogens is 1. The molecule has 0 radical (unpaired) electrons. The average molecular weight is 412 g/mol. The Hall–Kier alpha value is -1.78. The second kappa shape index (κ2) is 7.57. The molecule has 1 aromatic heterocycles. The molecule has 1 N–H and O–H groups in total. The summed E-state index contributed by atoms with van der Waals surface area (Å²) in [5.74, 6) is 0.408. The van der Waals surface area contributed by atoms with Crippen molar-refractivity contribution in [1.29, 1.82) is 0 Å². The third-order valence-corrected chi connectivity index (χ3v) is 6.91. The van der Waals surface area contributed by atoms with Gasteiger partial charge in [-0.3, -0.25) is 0 Å². The van der Waals surface area contributed by atoms with Crippen molar-refractivity contribution in [3.63, 3.8) is 0 Å². The highest BCUT2D eigenvalue weighted by Crippen LogP contribution is 2.45. The van der Waals surface area contributed by atoms with Crippen LogP contribution in [0, 0.1) is 0 Å². The van der Waals surface area contributed by atoms with Crippen LogP contribution in [0.15, 0.2) is 46.8 Å². The monoisotopic (exact) mass is 411 g/mol. The Labute approximate surface area is 177 Å². The minimum absolute atomic E-state index is 0.161. The van der Waals surface area contributed by atoms with Gasteiger partial charge < -0.3 is 5.11 Å². The van der Waals surface area contributed by atoms with E-state index in [0.29, 0.717) is 5.75 Å². The fourth-order valence-corrected chi connectivity index (χ4v) is 4.87. The van der Waals surface area contributed by atoms with Crippen LogP contribution >= 0.6 is 23.1 Å². The van der Waals surface area contributed by atoms with E-state index in [1.807, 2.05) is 6.07 Å². The molecular formula is C24H29NOS2. The van der Waals surface area contributed by atoms with Gasteiger partial charge in [-0.2, -0.15) is 0 Å². The zero-order valence-electron chi connectivity index (χ0n) is 17.8. The summed E-state index contributed by atoms with van der Waals surface area (Å²) < 4.78 is 1.05. The molecule has 0 aliphatic carbocycles. The van der Waals surface area contributed by atoms with Gasteiger partial charge in [-0.25, -0.2) is 4.98 Å². The third kappa shape index (κ3) is 4.13. The van der Waals surface area contributed by atoms with Gasteiger partial charge in [0.25, 0.3) is 0 Å². The standard InChI is InChI=1S/C24H29NOS2/c1-23(2,3)17-13-16(14-18(20(17)26)24(4,5)6)19-21(28-22(25-19)27-7)15-11-9-8-10-12-15/h8-14,26H,1-7H3. The Kier molecular flexibility index (Phi) is 5.66. The van der Waals surface area contributed by atoms with Gasteiger partial charge in [-0.15, -0.1) is 11.3 Å². The van der Waals surface area contributed by atoms with E-state index in [1.54, 1.807) is 23.1 Å². The molecule has 0 atom stereocenters. The molecule has 0 saturated carbocycles. The summed E-state index contributed by atoms with van der Waals surface area (Å²) in [6.45, 7) is 12.9. The van der Waals surface area contributed by atoms with Crippen LogP contribution in [0.4, 0.5) is 0 Å². The second-order valence-corrected chi connectivity index (χ2v) is 11.2. The Bertz CT molecular complexity index is 941. The summed E-state index contributed by atoms with van der Waals surface area (Å²) in [6.07, 6.45) is 2.06. The molecule has 0 fully saturated rings. The fourth-order valence-electron chi connectivity index (χ4n) is 3.28. The maximum atomic E-state index is 11.0. The molecule has 3 rings (SSSR count). The van der Waals surface area contributed by atoms with Crippen molar-refractivity contribution >= 4 is 23.1 Å². The van der Waals surface area contributed by atoms with Crippen LogP contribution in [0.2, 0.25) is 0 Å². The molecule has 0 aliphatic rings. The van der Waals surface area contributed by atoms with Crippen LogP contribution in [0.25, 0.3) is 21.7 Å². The van der Waals surface area contributed by atoms with Gasteiger partial charge in [0.2, 0.25) is 0 Å². The number of nitrogens with zero attached hydrogens (tertiary/aromatic N) is 1. The predicted molar refractivity (Wildman–Crippen MR) is 124 cm³/mol. The zero-order chi connectivity index (χ0) is 20.7. The van der Waals surface area contributed by atoms with Crippen molar-refractivity contribution < 1.29 is 5.11 Å². The summed E-state index contributed by atoms with van der Waals surface area (Å²) in [5.41, 5.74) is 4.86. The van der Waals surface area contributed by atoms with Crippen LogP contribution in [0.1, 0.15) is 52.7 Å². The lowest BCUT2D eigenvalue weighted by Crippen LogP contribution is -2.17. The zero-order valence-corrected chi connectivity index (χ0v) is 19.4. The highest BCUT2D eigenvalue weighted by atomic mass is 32.2. The van der Waals surface area contributed by atoms with Crippen LogP contribution in [-0.4, -0.2) is 16.3 Å². The molecule has 0 bridgehead atoms. The lowest BCUT2D eigenvalue weighted by atomic mass is 9.78. The number of benzene rings is 2. The second-order valence-electron chi connectivity index (χ2n) is 9.15. The van der Waals surface area contributed by atoms with Gasteiger partial charge >= 0.3 is 0 Å². The first-order valence-electron chi connectivity index (χ1n) is 9.51. The number of aromatic hydroxyl groups is 1. The molecule has 0 saturated heterocycles. The molecular weight excluding hydrogens is 382 g/mol. The molecule has 0 aliphatic heterocycles. The van der Waals surface area contributed by atoms with Gasteiger partial charge in [-0.1, -0.05) is 83.6 Å². The lowest BCUT2D eigenvalue weighted by molar-refractivity contribution is 0.423. The molecule has 0 spiro atoms. The number of rotatable bonds is 3. The predicted octanol–water partition coefficient (Wildman–Crippen LogP) is 7.50. The Morgan fingerprint density at radius 3 is 1.86 bits per heavy atom. The molecule has 0 amide bonds. The third-order valence-electron chi connectivity index (χ3n) is 4.82. The van der Waals surface area contributed by atoms with Crippen LogP contribution in [0.5, 0.6) is 5.75 Å². The highest BCUT2D eigenvalue weighted by Gasteiger charge is 2.28. The summed E-state index contributed by atoms with van der Waals surface area (Å²) in [7, 11) is 0. The molecule has 148 valence electrons. The van der Waals surface area contributed by atoms with Crippen LogP contribution in [-0.2, 0) is 10.8 Å². The van der Waals surface area contributed by atoms with E-state index in [0.717, 1.165) is 26.7 Å². The van der Waals surface area contributed by atoms with E-state index >= 15 is 0 Å². The van der Waals surface area contributed by atoms with Crippen LogP contribution < -0.4 is 0 Å². The number of phenols is 1. The molecule has 4 heteroatoms. The van der Waals surface area contributed by atoms with E-state index in [-0.39, 0.29) is 10.8 Å². The van der Waals surface area contributed by atoms with E-state index in [9.17, 15) is 5.11 Å². The maximum absolute atomic E-state index is 11.0. The van der Waals surface area contributed by atoms with Gasteiger partial charge in [0.1, 0.15) is 5.75 Å². The van der Waals surface area contributed by atoms with Gasteiger partial charge in [0, 0.05) is 16.7 Å². The normalized spacial score (nSPS) is 12.4. The first-order chi connectivity index (χ1) is 13.0. The largest absolute Gasteiger partial charge is 0.507 e. The van der Waals surface area contributed by atoms with E-state index in [1.165, 1.54) is 10.4 Å². The first-order valence-corrected chi connectivity index (χ1v) is 11.5. The average Bonchev–Trinajstić information content (AvgIpc) is 3.05. The van der Waals surface area contributed by atoms with Gasteiger partial charge in [0.15, 0.2) is 4.34 Å². The number of thioether (sulfide) groups is 1. The molecule has 2 nitrogen and oxygen atoms in total. The number of hydrogen-bond donors (Lipinski definition) is 1. The van der Waals surface area contributed by atoms with Gasteiger partial charge in [-0.05, 0) is 34.8 Å². The summed E-state index contributed by atoms with van der Waals surface area (Å²) in [6, 6.07) is 14.7. The summed E-state index contributed by atoms with van der Waals surface area (Å²) >= 11 is 3.40. The smallest absolute Gasteiger partial charge is 0.150 e. The number of hydrogen-bond acceptors (Lipinski definition) is 4. The fraction of sp³-hybridized carbons (Fsp3) is 0.375. The van der Waals surface area contributed by atoms with Gasteiger partial charge in [0.05, 0.1) is 10.6 Å². The number of thiazole rings is 1. The molecule has 1 heterocycles. The van der Waals surface area contributed by atoms with Crippen molar-refractivity contribution in [3.8, 4) is 27.4 Å². The first kappa shape index (κ1) is 20.9. The van der Waals surface area contributed by atoms with Crippen molar-refractivity contribution in [2.45, 2.75) is 56.7 Å². The Morgan fingerprint density at radius 1 is 0.857 bits per heavy atom. The summed E-state index contributed by atoms with van der Waals surface area (Å²) in [4.78, 5) is 6.13. The quantitative estimate of drug-likeness (QED) is 0.453. The lowest BCUT2D eigenvalue weighted by Gasteiger charge is -2.28. The highest BCUT2D eigenvalue weighted by molar-refractivity contribution is 8.00. The van der Waals surface area contributed by atoms with E-state index < -0.39 is 0 Å². The van der Waals surface area contributed by atoms with Crippen molar-refractivity contribution in [2.75, 3.05) is 6.26 Å². The Balaban J connectivity index is 2.32. The summed E-state index contributed by atoms with van der Waals surface area (Å²) in [5, 5.41) is 11.0. The molecule has 2 aromatic carbocycles. The van der Waals surface area contributed by atoms with Crippen molar-refractivity contribution in [1.82, 2.24) is 4.98 Å². The number of phenolic OH excluding ortho intramolecular Hbond substituents is 1. The van der Waals surface area contributed by atoms with Crippen molar-refractivity contribution in [2.24, 2.45) is 0 Å². The molecule has 3 aromatic rings. The minimum Gasteiger partial charge on any atom is -0.507 e. The maximum Gasteiger partial charge on any atom is 0.150 e.